The molecule has 0 bridgehead atoms. The van der Waals surface area contributed by atoms with Crippen LogP contribution in [-0.2, 0) is 4.79 Å². The average molecular weight is 400 g/mol. The van der Waals surface area contributed by atoms with Crippen molar-refractivity contribution in [2.75, 3.05) is 26.2 Å². The van der Waals surface area contributed by atoms with Gasteiger partial charge in [0.15, 0.2) is 0 Å². The van der Waals surface area contributed by atoms with E-state index in [9.17, 15) is 14.0 Å². The van der Waals surface area contributed by atoms with Crippen LogP contribution in [0.5, 0.6) is 0 Å². The quantitative estimate of drug-likeness (QED) is 0.829. The van der Waals surface area contributed by atoms with Crippen molar-refractivity contribution < 1.29 is 14.0 Å². The molecule has 0 radical (unpaired) electrons. The number of carbonyl (C=O) groups is 2. The van der Waals surface area contributed by atoms with Crippen molar-refractivity contribution in [3.05, 3.63) is 34.5 Å². The zero-order valence-corrected chi connectivity index (χ0v) is 16.2. The first-order valence-corrected chi connectivity index (χ1v) is 9.28. The molecule has 2 amide bonds. The zero-order valence-electron chi connectivity index (χ0n) is 14.6. The number of rotatable bonds is 4. The van der Waals surface area contributed by atoms with E-state index in [0.29, 0.717) is 31.1 Å². The molecule has 5 nitrogen and oxygen atoms in total. The largest absolute Gasteiger partial charge is 0.355 e. The number of nitrogens with zero attached hydrogens (tertiary/aromatic N) is 1. The Balaban J connectivity index is 0.00000243. The fraction of sp³-hybridized carbons (Fsp3) is 0.444. The number of piperidine rings is 1. The Kier molecular flexibility index (Phi) is 6.97. The monoisotopic (exact) mass is 399 g/mol. The number of halogens is 2. The van der Waals surface area contributed by atoms with Crippen LogP contribution in [0.1, 0.15) is 28.1 Å². The first kappa shape index (κ1) is 20.6. The van der Waals surface area contributed by atoms with Crippen LogP contribution in [0, 0.1) is 18.7 Å². The number of hydrogen-bond acceptors (Lipinski definition) is 4. The summed E-state index contributed by atoms with van der Waals surface area (Å²) in [7, 11) is 0. The maximum Gasteiger partial charge on any atom is 0.264 e. The predicted molar refractivity (Wildman–Crippen MR) is 104 cm³/mol. The van der Waals surface area contributed by atoms with Gasteiger partial charge in [-0.2, -0.15) is 0 Å². The molecule has 1 atom stereocenters. The van der Waals surface area contributed by atoms with Gasteiger partial charge in [-0.25, -0.2) is 4.39 Å². The number of nitrogens with two attached hydrogens (primary N) is 1. The van der Waals surface area contributed by atoms with Crippen molar-refractivity contribution >= 4 is 45.6 Å². The van der Waals surface area contributed by atoms with Gasteiger partial charge in [0.25, 0.3) is 5.91 Å². The highest BCUT2D eigenvalue weighted by molar-refractivity contribution is 7.21. The third-order valence-electron chi connectivity index (χ3n) is 4.62. The summed E-state index contributed by atoms with van der Waals surface area (Å²) in [5, 5.41) is 3.58. The molecule has 0 spiro atoms. The Morgan fingerprint density at radius 1 is 1.42 bits per heavy atom. The number of amides is 2. The summed E-state index contributed by atoms with van der Waals surface area (Å²) in [6.07, 6.45) is 1.57. The summed E-state index contributed by atoms with van der Waals surface area (Å²) in [5.74, 6) is -0.619. The molecule has 1 aromatic carbocycles. The Bertz CT molecular complexity index is 811. The van der Waals surface area contributed by atoms with Gasteiger partial charge in [-0.1, -0.05) is 0 Å². The molecule has 1 saturated heterocycles. The van der Waals surface area contributed by atoms with E-state index in [2.05, 4.69) is 5.32 Å². The number of carbonyl (C=O) groups excluding carboxylic acids is 2. The molecule has 3 rings (SSSR count). The summed E-state index contributed by atoms with van der Waals surface area (Å²) in [4.78, 5) is 27.5. The lowest BCUT2D eigenvalue weighted by molar-refractivity contribution is -0.126. The molecule has 2 aromatic rings. The van der Waals surface area contributed by atoms with E-state index in [1.165, 1.54) is 23.5 Å². The van der Waals surface area contributed by atoms with Crippen molar-refractivity contribution in [3.63, 3.8) is 0 Å². The second-order valence-corrected chi connectivity index (χ2v) is 7.42. The van der Waals surface area contributed by atoms with E-state index >= 15 is 0 Å². The normalized spacial score (nSPS) is 17.0. The molecule has 8 heteroatoms. The number of aryl methyl sites for hydroxylation is 1. The van der Waals surface area contributed by atoms with Crippen LogP contribution in [0.4, 0.5) is 4.39 Å². The standard InChI is InChI=1S/C18H22FN3O2S.ClH/c1-11-14-9-13(19)4-5-15(14)25-16(11)18(24)22-8-2-3-12(10-22)17(23)21-7-6-20;/h4-5,9,12H,2-3,6-8,10,20H2,1H3,(H,21,23);1H. The minimum atomic E-state index is -0.304. The van der Waals surface area contributed by atoms with E-state index in [0.717, 1.165) is 28.5 Å². The van der Waals surface area contributed by atoms with Crippen molar-refractivity contribution in [2.45, 2.75) is 19.8 Å². The molecular formula is C18H23ClFN3O2S. The number of fused-ring (bicyclic) bond motifs is 1. The van der Waals surface area contributed by atoms with E-state index in [-0.39, 0.29) is 36.0 Å². The lowest BCUT2D eigenvalue weighted by Crippen LogP contribution is -2.46. The highest BCUT2D eigenvalue weighted by Crippen LogP contribution is 2.33. The maximum absolute atomic E-state index is 13.5. The van der Waals surface area contributed by atoms with Crippen molar-refractivity contribution in [1.82, 2.24) is 10.2 Å². The minimum absolute atomic E-state index is 0. The second kappa shape index (κ2) is 8.79. The second-order valence-electron chi connectivity index (χ2n) is 6.37. The fourth-order valence-electron chi connectivity index (χ4n) is 3.26. The fourth-order valence-corrected chi connectivity index (χ4v) is 4.41. The summed E-state index contributed by atoms with van der Waals surface area (Å²) < 4.78 is 14.4. The van der Waals surface area contributed by atoms with E-state index in [4.69, 9.17) is 5.73 Å². The van der Waals surface area contributed by atoms with Crippen LogP contribution >= 0.6 is 23.7 Å². The molecule has 1 aliphatic heterocycles. The third kappa shape index (κ3) is 4.16. The van der Waals surface area contributed by atoms with Crippen molar-refractivity contribution in [3.8, 4) is 0 Å². The maximum atomic E-state index is 13.5. The van der Waals surface area contributed by atoms with Gasteiger partial charge in [0.1, 0.15) is 5.82 Å². The highest BCUT2D eigenvalue weighted by atomic mass is 35.5. The number of nitrogens with one attached hydrogen (secondary N) is 1. The van der Waals surface area contributed by atoms with Crippen LogP contribution in [0.3, 0.4) is 0 Å². The molecule has 142 valence electrons. The van der Waals surface area contributed by atoms with Gasteiger partial charge in [0.05, 0.1) is 10.8 Å². The first-order chi connectivity index (χ1) is 12.0. The van der Waals surface area contributed by atoms with Gasteiger partial charge in [-0.05, 0) is 48.9 Å². The van der Waals surface area contributed by atoms with Gasteiger partial charge < -0.3 is 16.0 Å². The Labute approximate surface area is 162 Å². The van der Waals surface area contributed by atoms with Crippen LogP contribution in [-0.4, -0.2) is 42.9 Å². The Morgan fingerprint density at radius 2 is 2.19 bits per heavy atom. The summed E-state index contributed by atoms with van der Waals surface area (Å²) >= 11 is 1.38. The molecule has 1 aliphatic rings. The SMILES string of the molecule is Cc1c(C(=O)N2CCCC(C(=O)NCCN)C2)sc2ccc(F)cc12.Cl. The Hall–Kier alpha value is -1.70. The minimum Gasteiger partial charge on any atom is -0.355 e. The topological polar surface area (TPSA) is 75.4 Å². The van der Waals surface area contributed by atoms with Crippen LogP contribution < -0.4 is 11.1 Å². The number of benzene rings is 1. The van der Waals surface area contributed by atoms with Crippen LogP contribution in [0.2, 0.25) is 0 Å². The molecule has 3 N–H and O–H groups in total. The van der Waals surface area contributed by atoms with Gasteiger partial charge in [-0.3, -0.25) is 9.59 Å². The molecular weight excluding hydrogens is 377 g/mol. The lowest BCUT2D eigenvalue weighted by atomic mass is 9.96. The molecule has 1 aromatic heterocycles. The third-order valence-corrected chi connectivity index (χ3v) is 5.88. The van der Waals surface area contributed by atoms with E-state index in [1.807, 2.05) is 6.92 Å². The predicted octanol–water partition coefficient (Wildman–Crippen LogP) is 2.70. The molecule has 1 fully saturated rings. The zero-order chi connectivity index (χ0) is 18.0. The van der Waals surface area contributed by atoms with Crippen molar-refractivity contribution in [1.29, 1.82) is 0 Å². The molecule has 0 aliphatic carbocycles. The summed E-state index contributed by atoms with van der Waals surface area (Å²) in [5.41, 5.74) is 6.22. The smallest absolute Gasteiger partial charge is 0.264 e. The molecule has 2 heterocycles. The van der Waals surface area contributed by atoms with Gasteiger partial charge in [0, 0.05) is 30.9 Å². The summed E-state index contributed by atoms with van der Waals surface area (Å²) in [6.45, 7) is 3.75. The van der Waals surface area contributed by atoms with Crippen LogP contribution in [0.15, 0.2) is 18.2 Å². The molecule has 1 unspecified atom stereocenters. The van der Waals surface area contributed by atoms with Gasteiger partial charge in [-0.15, -0.1) is 23.7 Å². The van der Waals surface area contributed by atoms with Crippen molar-refractivity contribution in [2.24, 2.45) is 11.7 Å². The van der Waals surface area contributed by atoms with Gasteiger partial charge in [0.2, 0.25) is 5.91 Å². The van der Waals surface area contributed by atoms with E-state index < -0.39 is 0 Å². The highest BCUT2D eigenvalue weighted by Gasteiger charge is 2.30. The average Bonchev–Trinajstić information content (AvgIpc) is 2.95. The summed E-state index contributed by atoms with van der Waals surface area (Å²) in [6, 6.07) is 4.58. The Morgan fingerprint density at radius 3 is 2.92 bits per heavy atom. The van der Waals surface area contributed by atoms with E-state index in [1.54, 1.807) is 11.0 Å². The number of likely N-dealkylation sites (tertiary alicyclic amines) is 1. The van der Waals surface area contributed by atoms with Gasteiger partial charge >= 0.3 is 0 Å². The number of hydrogen-bond donors (Lipinski definition) is 2. The number of thiophene rings is 1. The van der Waals surface area contributed by atoms with Crippen LogP contribution in [0.25, 0.3) is 10.1 Å². The molecule has 26 heavy (non-hydrogen) atoms. The lowest BCUT2D eigenvalue weighted by Gasteiger charge is -2.32. The molecule has 0 saturated carbocycles. The first-order valence-electron chi connectivity index (χ1n) is 8.47.